The molecule has 11 heavy (non-hydrogen) atoms. The van der Waals surface area contributed by atoms with Crippen molar-refractivity contribution in [3.63, 3.8) is 0 Å². The molecule has 5 heteroatoms. The minimum absolute atomic E-state index is 0.364. The molecule has 3 amide bonds. The Morgan fingerprint density at radius 3 is 2.45 bits per heavy atom. The number of hydrogen-bond donors (Lipinski definition) is 2. The number of carbonyl (C=O) groups is 2. The average Bonchev–Trinajstić information content (AvgIpc) is 2.32. The van der Waals surface area contributed by atoms with Gasteiger partial charge in [0.05, 0.1) is 0 Å². The molecule has 0 aromatic rings. The molecule has 0 aromatic carbocycles. The van der Waals surface area contributed by atoms with Crippen molar-refractivity contribution in [3.05, 3.63) is 12.2 Å². The van der Waals surface area contributed by atoms with Crippen molar-refractivity contribution < 1.29 is 9.59 Å². The molecule has 1 aliphatic heterocycles. The summed E-state index contributed by atoms with van der Waals surface area (Å²) in [5.74, 6) is -0.558. The van der Waals surface area contributed by atoms with E-state index in [1.54, 1.807) is 12.2 Å². The van der Waals surface area contributed by atoms with Gasteiger partial charge < -0.3 is 16.4 Å². The summed E-state index contributed by atoms with van der Waals surface area (Å²) < 4.78 is 0. The van der Waals surface area contributed by atoms with Crippen molar-refractivity contribution in [2.75, 3.05) is 6.54 Å². The summed E-state index contributed by atoms with van der Waals surface area (Å²) in [6, 6.07) is -1.29. The van der Waals surface area contributed by atoms with Crippen molar-refractivity contribution >= 4 is 11.9 Å². The molecule has 0 aromatic heterocycles. The van der Waals surface area contributed by atoms with Crippen LogP contribution >= 0.6 is 0 Å². The molecule has 5 nitrogen and oxygen atoms in total. The third-order valence-electron chi connectivity index (χ3n) is 1.53. The second-order valence-electron chi connectivity index (χ2n) is 2.27. The fraction of sp³-hybridized carbons (Fsp3) is 0.333. The van der Waals surface area contributed by atoms with Gasteiger partial charge >= 0.3 is 6.03 Å². The third-order valence-corrected chi connectivity index (χ3v) is 1.53. The van der Waals surface area contributed by atoms with Gasteiger partial charge in [-0.1, -0.05) is 12.2 Å². The monoisotopic (exact) mass is 155 g/mol. The quantitative estimate of drug-likeness (QED) is 0.465. The zero-order valence-corrected chi connectivity index (χ0v) is 5.86. The molecular formula is C6H9N3O2. The first-order valence-electron chi connectivity index (χ1n) is 3.15. The van der Waals surface area contributed by atoms with E-state index in [0.29, 0.717) is 6.54 Å². The van der Waals surface area contributed by atoms with Crippen molar-refractivity contribution in [2.45, 2.75) is 6.04 Å². The molecular weight excluding hydrogens is 146 g/mol. The van der Waals surface area contributed by atoms with Crippen LogP contribution in [0.1, 0.15) is 0 Å². The predicted molar refractivity (Wildman–Crippen MR) is 38.4 cm³/mol. The molecule has 0 bridgehead atoms. The fourth-order valence-electron chi connectivity index (χ4n) is 0.996. The van der Waals surface area contributed by atoms with Crippen LogP contribution in [0.15, 0.2) is 12.2 Å². The highest BCUT2D eigenvalue weighted by Gasteiger charge is 2.26. The van der Waals surface area contributed by atoms with Crippen LogP contribution in [-0.2, 0) is 4.79 Å². The number of urea groups is 1. The second kappa shape index (κ2) is 2.61. The number of nitrogens with zero attached hydrogens (tertiary/aromatic N) is 1. The number of nitrogens with two attached hydrogens (primary N) is 2. The molecule has 0 aliphatic carbocycles. The highest BCUT2D eigenvalue weighted by Crippen LogP contribution is 2.07. The third kappa shape index (κ3) is 1.31. The first kappa shape index (κ1) is 7.59. The van der Waals surface area contributed by atoms with Gasteiger partial charge in [0.2, 0.25) is 5.91 Å². The van der Waals surface area contributed by atoms with Crippen LogP contribution in [0, 0.1) is 0 Å². The van der Waals surface area contributed by atoms with Crippen LogP contribution in [0.25, 0.3) is 0 Å². The maximum absolute atomic E-state index is 10.6. The van der Waals surface area contributed by atoms with Crippen molar-refractivity contribution in [1.29, 1.82) is 0 Å². The van der Waals surface area contributed by atoms with Gasteiger partial charge in [0.25, 0.3) is 0 Å². The highest BCUT2D eigenvalue weighted by atomic mass is 16.2. The minimum atomic E-state index is -0.660. The lowest BCUT2D eigenvalue weighted by molar-refractivity contribution is -0.120. The molecule has 0 saturated heterocycles. The van der Waals surface area contributed by atoms with Crippen LogP contribution < -0.4 is 11.5 Å². The normalized spacial score (nSPS) is 22.2. The maximum Gasteiger partial charge on any atom is 0.316 e. The van der Waals surface area contributed by atoms with E-state index in [1.807, 2.05) is 0 Å². The Morgan fingerprint density at radius 1 is 1.45 bits per heavy atom. The predicted octanol–water partition coefficient (Wildman–Crippen LogP) is -1.21. The van der Waals surface area contributed by atoms with E-state index in [1.165, 1.54) is 4.90 Å². The molecule has 1 atom stereocenters. The zero-order valence-electron chi connectivity index (χ0n) is 5.86. The molecule has 1 aliphatic rings. The van der Waals surface area contributed by atoms with Crippen molar-refractivity contribution in [3.8, 4) is 0 Å². The summed E-state index contributed by atoms with van der Waals surface area (Å²) in [5, 5.41) is 0. The summed E-state index contributed by atoms with van der Waals surface area (Å²) in [5.41, 5.74) is 9.95. The number of hydrogen-bond acceptors (Lipinski definition) is 2. The summed E-state index contributed by atoms with van der Waals surface area (Å²) >= 11 is 0. The lowest BCUT2D eigenvalue weighted by Gasteiger charge is -2.18. The average molecular weight is 155 g/mol. The molecule has 0 unspecified atom stereocenters. The van der Waals surface area contributed by atoms with Crippen LogP contribution in [-0.4, -0.2) is 29.4 Å². The Kier molecular flexibility index (Phi) is 1.80. The van der Waals surface area contributed by atoms with E-state index in [9.17, 15) is 9.59 Å². The van der Waals surface area contributed by atoms with E-state index in [0.717, 1.165) is 0 Å². The topological polar surface area (TPSA) is 89.4 Å². The molecule has 60 valence electrons. The Labute approximate surface area is 63.6 Å². The Bertz CT molecular complexity index is 224. The van der Waals surface area contributed by atoms with Gasteiger partial charge in [0.1, 0.15) is 6.04 Å². The minimum Gasteiger partial charge on any atom is -0.368 e. The smallest absolute Gasteiger partial charge is 0.316 e. The van der Waals surface area contributed by atoms with E-state index in [2.05, 4.69) is 0 Å². The van der Waals surface area contributed by atoms with Crippen LogP contribution in [0.5, 0.6) is 0 Å². The Morgan fingerprint density at radius 2 is 2.09 bits per heavy atom. The number of primary amides is 2. The summed E-state index contributed by atoms with van der Waals surface area (Å²) in [4.78, 5) is 22.5. The van der Waals surface area contributed by atoms with Gasteiger partial charge in [-0.15, -0.1) is 0 Å². The molecule has 0 spiro atoms. The van der Waals surface area contributed by atoms with Gasteiger partial charge in [0.15, 0.2) is 0 Å². The summed E-state index contributed by atoms with van der Waals surface area (Å²) in [7, 11) is 0. The number of rotatable bonds is 1. The van der Waals surface area contributed by atoms with Gasteiger partial charge in [-0.3, -0.25) is 4.79 Å². The first-order chi connectivity index (χ1) is 5.13. The van der Waals surface area contributed by atoms with Crippen LogP contribution in [0.2, 0.25) is 0 Å². The molecule has 0 radical (unpaired) electrons. The maximum atomic E-state index is 10.6. The van der Waals surface area contributed by atoms with Gasteiger partial charge in [-0.25, -0.2) is 4.79 Å². The molecule has 1 rings (SSSR count). The molecule has 1 heterocycles. The SMILES string of the molecule is NC(=O)[C@H]1C=CCN1C(N)=O. The van der Waals surface area contributed by atoms with Crippen LogP contribution in [0.3, 0.4) is 0 Å². The van der Waals surface area contributed by atoms with Gasteiger partial charge in [-0.05, 0) is 0 Å². The first-order valence-corrected chi connectivity index (χ1v) is 3.15. The molecule has 4 N–H and O–H groups in total. The molecule has 0 fully saturated rings. The van der Waals surface area contributed by atoms with E-state index in [4.69, 9.17) is 11.5 Å². The van der Waals surface area contributed by atoms with E-state index in [-0.39, 0.29) is 0 Å². The zero-order chi connectivity index (χ0) is 8.43. The summed E-state index contributed by atoms with van der Waals surface area (Å²) in [6.07, 6.45) is 3.24. The molecule has 0 saturated carbocycles. The second-order valence-corrected chi connectivity index (χ2v) is 2.27. The highest BCUT2D eigenvalue weighted by molar-refractivity contribution is 5.88. The van der Waals surface area contributed by atoms with Crippen molar-refractivity contribution in [2.24, 2.45) is 11.5 Å². The van der Waals surface area contributed by atoms with E-state index < -0.39 is 18.0 Å². The fourth-order valence-corrected chi connectivity index (χ4v) is 0.996. The largest absolute Gasteiger partial charge is 0.368 e. The standard InChI is InChI=1S/C6H9N3O2/c7-5(10)4-2-1-3-9(4)6(8)11/h1-2,4H,3H2,(H2,7,10)(H2,8,11)/t4-/m1/s1. The summed E-state index contributed by atoms with van der Waals surface area (Å²) in [6.45, 7) is 0.364. The lowest BCUT2D eigenvalue weighted by Crippen LogP contribution is -2.46. The number of carbonyl (C=O) groups excluding carboxylic acids is 2. The number of amides is 3. The lowest BCUT2D eigenvalue weighted by atomic mass is 10.3. The van der Waals surface area contributed by atoms with Crippen LogP contribution in [0.4, 0.5) is 4.79 Å². The Hall–Kier alpha value is -1.52. The van der Waals surface area contributed by atoms with E-state index >= 15 is 0 Å². The Balaban J connectivity index is 2.71. The van der Waals surface area contributed by atoms with Gasteiger partial charge in [-0.2, -0.15) is 0 Å². The van der Waals surface area contributed by atoms with Crippen molar-refractivity contribution in [1.82, 2.24) is 4.90 Å². The van der Waals surface area contributed by atoms with Gasteiger partial charge in [0, 0.05) is 6.54 Å².